The zero-order chi connectivity index (χ0) is 25.6. The van der Waals surface area contributed by atoms with Gasteiger partial charge in [0, 0.05) is 41.1 Å². The van der Waals surface area contributed by atoms with E-state index < -0.39 is 53.1 Å². The molecule has 3 rings (SSSR count). The van der Waals surface area contributed by atoms with E-state index in [4.69, 9.17) is 4.74 Å². The topological polar surface area (TPSA) is 77.5 Å². The minimum atomic E-state index is -4.55. The number of nitrogens with one attached hydrogen (secondary N) is 1. The largest absolute Gasteiger partial charge is 0.434 e. The molecule has 1 saturated heterocycles. The Morgan fingerprint density at radius 3 is 2.50 bits per heavy atom. The smallest absolute Gasteiger partial charge is 0.414 e. The van der Waals surface area contributed by atoms with E-state index >= 15 is 0 Å². The summed E-state index contributed by atoms with van der Waals surface area (Å²) in [5, 5.41) is 2.91. The van der Waals surface area contributed by atoms with E-state index in [9.17, 15) is 35.3 Å². The average Bonchev–Trinajstić information content (AvgIpc) is 3.14. The molecule has 0 saturated carbocycles. The lowest BCUT2D eigenvalue weighted by atomic mass is 9.85. The van der Waals surface area contributed by atoms with Gasteiger partial charge in [0.05, 0.1) is 17.4 Å². The lowest BCUT2D eigenvalue weighted by molar-refractivity contribution is -0.215. The van der Waals surface area contributed by atoms with Gasteiger partial charge in [0.2, 0.25) is 6.41 Å². The molecule has 1 aromatic heterocycles. The van der Waals surface area contributed by atoms with Gasteiger partial charge in [-0.25, -0.2) is 9.37 Å². The van der Waals surface area contributed by atoms with Crippen molar-refractivity contribution in [1.29, 1.82) is 0 Å². The molecule has 1 aromatic carbocycles. The van der Waals surface area contributed by atoms with Crippen molar-refractivity contribution in [3.8, 4) is 5.75 Å². The molecule has 2 aromatic rings. The first-order chi connectivity index (χ1) is 15.9. The van der Waals surface area contributed by atoms with Gasteiger partial charge in [-0.2, -0.15) is 22.0 Å². The van der Waals surface area contributed by atoms with E-state index in [-0.39, 0.29) is 17.7 Å². The third-order valence-electron chi connectivity index (χ3n) is 5.12. The van der Waals surface area contributed by atoms with Crippen molar-refractivity contribution < 1.29 is 44.8 Å². The molecule has 1 aliphatic rings. The second-order valence-corrected chi connectivity index (χ2v) is 8.66. The zero-order valence-electron chi connectivity index (χ0n) is 18.2. The number of halogens is 6. The Hall–Kier alpha value is -2.67. The summed E-state index contributed by atoms with van der Waals surface area (Å²) in [6, 6.07) is 5.40. The molecule has 1 aliphatic heterocycles. The van der Waals surface area contributed by atoms with E-state index in [1.54, 1.807) is 12.1 Å². The van der Waals surface area contributed by atoms with Crippen LogP contribution in [0.5, 0.6) is 5.75 Å². The third-order valence-corrected chi connectivity index (χ3v) is 5.93. The standard InChI is InChI=1S/C14H14F6O2.C7H8N2O2S/c1-6-9(5-21-12(6)14(18,19)20)8-3-4-10(15)7(2)11(8)22-13(16)17;1-12(11)7-4-6(9-5-10)2-3-8-7/h3-4,6,9,12-13H,5H2,1-2H3;2-5H,1H3,(H,8,9,10). The van der Waals surface area contributed by atoms with Crippen molar-refractivity contribution in [2.75, 3.05) is 18.2 Å². The van der Waals surface area contributed by atoms with Crippen LogP contribution in [0.4, 0.5) is 32.0 Å². The van der Waals surface area contributed by atoms with E-state index in [1.165, 1.54) is 32.4 Å². The van der Waals surface area contributed by atoms with Crippen LogP contribution in [0.2, 0.25) is 0 Å². The second kappa shape index (κ2) is 11.6. The summed E-state index contributed by atoms with van der Waals surface area (Å²) in [5.74, 6) is -2.99. The quantitative estimate of drug-likeness (QED) is 0.444. The van der Waals surface area contributed by atoms with Gasteiger partial charge in [0.25, 0.3) is 0 Å². The Balaban J connectivity index is 0.000000287. The Morgan fingerprint density at radius 2 is 1.97 bits per heavy atom. The number of carbonyl (C=O) groups is 1. The van der Waals surface area contributed by atoms with Crippen LogP contribution in [-0.4, -0.2) is 47.4 Å². The van der Waals surface area contributed by atoms with E-state index in [2.05, 4.69) is 15.0 Å². The number of carbonyl (C=O) groups excluding carboxylic acids is 1. The van der Waals surface area contributed by atoms with Gasteiger partial charge in [-0.1, -0.05) is 13.0 Å². The van der Waals surface area contributed by atoms with E-state index in [1.807, 2.05) is 0 Å². The summed E-state index contributed by atoms with van der Waals surface area (Å²) in [6.45, 7) is -0.940. The summed E-state index contributed by atoms with van der Waals surface area (Å²) in [6.07, 6.45) is -2.93. The molecule has 4 unspecified atom stereocenters. The van der Waals surface area contributed by atoms with Crippen LogP contribution in [-0.2, 0) is 20.3 Å². The molecule has 13 heteroatoms. The van der Waals surface area contributed by atoms with Crippen LogP contribution < -0.4 is 10.1 Å². The van der Waals surface area contributed by atoms with Crippen molar-refractivity contribution in [2.45, 2.75) is 43.7 Å². The molecule has 4 atom stereocenters. The number of nitrogens with zero attached hydrogens (tertiary/aromatic N) is 1. The molecule has 1 fully saturated rings. The SMILES string of the molecule is CS(=O)c1cc(NC=O)ccn1.Cc1c(F)ccc(C2COC(C(F)(F)F)C2C)c1OC(F)F. The monoisotopic (exact) mass is 512 g/mol. The predicted octanol–water partition coefficient (Wildman–Crippen LogP) is 4.80. The molecule has 1 amide bonds. The molecule has 0 aliphatic carbocycles. The fraction of sp³-hybridized carbons (Fsp3) is 0.429. The van der Waals surface area contributed by atoms with Gasteiger partial charge in [-0.05, 0) is 25.1 Å². The van der Waals surface area contributed by atoms with Gasteiger partial charge in [0.1, 0.15) is 16.6 Å². The Labute approximate surface area is 194 Å². The van der Waals surface area contributed by atoms with Crippen LogP contribution in [0.3, 0.4) is 0 Å². The fourth-order valence-electron chi connectivity index (χ4n) is 3.44. The number of amides is 1. The number of hydrogen-bond acceptors (Lipinski definition) is 5. The van der Waals surface area contributed by atoms with Crippen molar-refractivity contribution in [3.63, 3.8) is 0 Å². The Bertz CT molecular complexity index is 1020. The lowest BCUT2D eigenvalue weighted by Crippen LogP contribution is -2.33. The number of ether oxygens (including phenoxy) is 2. The minimum absolute atomic E-state index is 0.0958. The van der Waals surface area contributed by atoms with Gasteiger partial charge < -0.3 is 14.8 Å². The molecule has 1 N–H and O–H groups in total. The average molecular weight is 512 g/mol. The van der Waals surface area contributed by atoms with Gasteiger partial charge in [-0.3, -0.25) is 9.00 Å². The molecule has 34 heavy (non-hydrogen) atoms. The first kappa shape index (κ1) is 27.6. The maximum atomic E-state index is 13.5. The molecule has 0 bridgehead atoms. The van der Waals surface area contributed by atoms with Crippen molar-refractivity contribution in [3.05, 3.63) is 47.4 Å². The van der Waals surface area contributed by atoms with E-state index in [0.29, 0.717) is 17.1 Å². The number of anilines is 1. The summed E-state index contributed by atoms with van der Waals surface area (Å²) >= 11 is 0. The molecular formula is C21H22F6N2O4S. The van der Waals surface area contributed by atoms with E-state index in [0.717, 1.165) is 6.07 Å². The van der Waals surface area contributed by atoms with Crippen molar-refractivity contribution in [2.24, 2.45) is 5.92 Å². The van der Waals surface area contributed by atoms with Crippen molar-refractivity contribution in [1.82, 2.24) is 4.98 Å². The van der Waals surface area contributed by atoms with Gasteiger partial charge in [-0.15, -0.1) is 0 Å². The molecule has 2 heterocycles. The summed E-state index contributed by atoms with van der Waals surface area (Å²) < 4.78 is 97.0. The Kier molecular flexibility index (Phi) is 9.45. The number of pyridine rings is 1. The first-order valence-corrected chi connectivity index (χ1v) is 11.3. The maximum absolute atomic E-state index is 13.5. The fourth-order valence-corrected chi connectivity index (χ4v) is 3.94. The highest BCUT2D eigenvalue weighted by molar-refractivity contribution is 7.84. The second-order valence-electron chi connectivity index (χ2n) is 7.33. The number of aromatic nitrogens is 1. The van der Waals surface area contributed by atoms with Crippen LogP contribution in [0.1, 0.15) is 24.0 Å². The summed E-state index contributed by atoms with van der Waals surface area (Å²) in [7, 11) is -1.11. The molecule has 0 radical (unpaired) electrons. The highest BCUT2D eigenvalue weighted by Crippen LogP contribution is 2.45. The highest BCUT2D eigenvalue weighted by atomic mass is 32.2. The normalized spacial score (nSPS) is 20.9. The zero-order valence-corrected chi connectivity index (χ0v) is 19.1. The van der Waals surface area contributed by atoms with Crippen LogP contribution in [0.25, 0.3) is 0 Å². The number of rotatable bonds is 6. The molecular weight excluding hydrogens is 490 g/mol. The lowest BCUT2D eigenvalue weighted by Gasteiger charge is -2.23. The minimum Gasteiger partial charge on any atom is -0.434 e. The number of alkyl halides is 5. The van der Waals surface area contributed by atoms with Crippen LogP contribution in [0, 0.1) is 18.7 Å². The first-order valence-electron chi connectivity index (χ1n) is 9.78. The van der Waals surface area contributed by atoms with Crippen molar-refractivity contribution >= 4 is 22.9 Å². The maximum Gasteiger partial charge on any atom is 0.414 e. The number of benzene rings is 1. The predicted molar refractivity (Wildman–Crippen MR) is 112 cm³/mol. The summed E-state index contributed by atoms with van der Waals surface area (Å²) in [4.78, 5) is 13.9. The molecule has 188 valence electrons. The van der Waals surface area contributed by atoms with Gasteiger partial charge in [0.15, 0.2) is 6.10 Å². The number of hydrogen-bond donors (Lipinski definition) is 1. The van der Waals surface area contributed by atoms with Crippen LogP contribution in [0.15, 0.2) is 35.5 Å². The molecule has 0 spiro atoms. The molecule has 6 nitrogen and oxygen atoms in total. The van der Waals surface area contributed by atoms with Crippen LogP contribution >= 0.6 is 0 Å². The highest BCUT2D eigenvalue weighted by Gasteiger charge is 2.51. The summed E-state index contributed by atoms with van der Waals surface area (Å²) in [5.41, 5.74) is 0.532. The Morgan fingerprint density at radius 1 is 1.29 bits per heavy atom. The van der Waals surface area contributed by atoms with Gasteiger partial charge >= 0.3 is 12.8 Å². The third kappa shape index (κ3) is 6.92.